The van der Waals surface area contributed by atoms with Crippen LogP contribution in [0, 0.1) is 6.92 Å². The second kappa shape index (κ2) is 12.7. The minimum atomic E-state index is 0.0213. The Morgan fingerprint density at radius 1 is 1.28 bits per heavy atom. The van der Waals surface area contributed by atoms with E-state index in [1.165, 1.54) is 16.0 Å². The first-order valence-corrected chi connectivity index (χ1v) is 11.4. The number of guanidine groups is 1. The van der Waals surface area contributed by atoms with Gasteiger partial charge in [0.1, 0.15) is 0 Å². The molecule has 2 rings (SSSR count). The molecular formula is C21H35N5O2S. The summed E-state index contributed by atoms with van der Waals surface area (Å²) in [6.45, 7) is 8.39. The number of nitrogens with one attached hydrogen (secondary N) is 2. The number of likely N-dealkylation sites (N-methyl/N-ethyl adjacent to an activating group) is 1. The first-order chi connectivity index (χ1) is 14.0. The predicted octanol–water partition coefficient (Wildman–Crippen LogP) is 1.56. The third-order valence-electron chi connectivity index (χ3n) is 4.80. The molecule has 2 N–H and O–H groups in total. The Morgan fingerprint density at radius 3 is 2.72 bits per heavy atom. The summed E-state index contributed by atoms with van der Waals surface area (Å²) < 4.78 is 5.39. The number of carbonyl (C=O) groups is 1. The van der Waals surface area contributed by atoms with E-state index in [-0.39, 0.29) is 12.5 Å². The van der Waals surface area contributed by atoms with Crippen molar-refractivity contribution in [1.82, 2.24) is 20.4 Å². The van der Waals surface area contributed by atoms with Gasteiger partial charge in [-0.3, -0.25) is 9.69 Å². The lowest BCUT2D eigenvalue weighted by Gasteiger charge is -2.26. The van der Waals surface area contributed by atoms with Crippen LogP contribution in [0.25, 0.3) is 0 Å². The first-order valence-electron chi connectivity index (χ1n) is 10.2. The minimum absolute atomic E-state index is 0.0213. The highest BCUT2D eigenvalue weighted by Gasteiger charge is 2.10. The maximum absolute atomic E-state index is 12.0. The zero-order chi connectivity index (χ0) is 21.1. The van der Waals surface area contributed by atoms with E-state index in [4.69, 9.17) is 9.73 Å². The third-order valence-corrected chi connectivity index (χ3v) is 5.62. The second-order valence-corrected chi connectivity index (χ2v) is 8.20. The largest absolute Gasteiger partial charge is 0.379 e. The van der Waals surface area contributed by atoms with Crippen molar-refractivity contribution >= 4 is 23.6 Å². The molecule has 162 valence electrons. The van der Waals surface area contributed by atoms with E-state index < -0.39 is 0 Å². The molecule has 1 aromatic rings. The summed E-state index contributed by atoms with van der Waals surface area (Å²) >= 11 is 1.73. The van der Waals surface area contributed by atoms with Crippen LogP contribution >= 0.6 is 11.8 Å². The van der Waals surface area contributed by atoms with Crippen LogP contribution in [-0.2, 0) is 16.1 Å². The molecule has 1 aliphatic rings. The van der Waals surface area contributed by atoms with Gasteiger partial charge in [0, 0.05) is 38.6 Å². The number of thioether (sulfide) groups is 1. The van der Waals surface area contributed by atoms with Crippen molar-refractivity contribution in [3.63, 3.8) is 0 Å². The fraction of sp³-hybridized carbons (Fsp3) is 0.619. The van der Waals surface area contributed by atoms with E-state index in [1.54, 1.807) is 30.8 Å². The summed E-state index contributed by atoms with van der Waals surface area (Å²) in [5.41, 5.74) is 2.44. The number of carbonyl (C=O) groups excluding carboxylic acids is 1. The van der Waals surface area contributed by atoms with Gasteiger partial charge in [-0.25, -0.2) is 4.99 Å². The van der Waals surface area contributed by atoms with Crippen molar-refractivity contribution in [2.75, 3.05) is 66.3 Å². The molecule has 0 saturated carbocycles. The van der Waals surface area contributed by atoms with Crippen LogP contribution in [0.1, 0.15) is 17.5 Å². The Kier molecular flexibility index (Phi) is 10.3. The topological polar surface area (TPSA) is 69.2 Å². The van der Waals surface area contributed by atoms with Gasteiger partial charge in [0.25, 0.3) is 0 Å². The van der Waals surface area contributed by atoms with Gasteiger partial charge in [0.15, 0.2) is 5.96 Å². The maximum atomic E-state index is 12.0. The molecule has 0 unspecified atom stereocenters. The number of hydrogen-bond donors (Lipinski definition) is 2. The molecule has 1 heterocycles. The fourth-order valence-electron chi connectivity index (χ4n) is 2.97. The number of benzene rings is 1. The van der Waals surface area contributed by atoms with Gasteiger partial charge in [-0.2, -0.15) is 0 Å². The first kappa shape index (κ1) is 23.5. The Morgan fingerprint density at radius 2 is 2.03 bits per heavy atom. The smallest absolute Gasteiger partial charge is 0.241 e. The molecule has 1 aromatic carbocycles. The Balaban J connectivity index is 1.92. The van der Waals surface area contributed by atoms with E-state index in [1.807, 2.05) is 0 Å². The predicted molar refractivity (Wildman–Crippen MR) is 121 cm³/mol. The SMILES string of the molecule is CSc1cc(C)ccc1CN=C(NCCCN1CCOCC1)NCC(=O)N(C)C. The molecule has 0 radical (unpaired) electrons. The Hall–Kier alpha value is -1.77. The van der Waals surface area contributed by atoms with Gasteiger partial charge < -0.3 is 20.3 Å². The molecule has 8 heteroatoms. The van der Waals surface area contributed by atoms with E-state index in [0.717, 1.165) is 45.8 Å². The summed E-state index contributed by atoms with van der Waals surface area (Å²) in [5.74, 6) is 0.697. The monoisotopic (exact) mass is 421 g/mol. The zero-order valence-electron chi connectivity index (χ0n) is 18.2. The van der Waals surface area contributed by atoms with Gasteiger partial charge >= 0.3 is 0 Å². The molecule has 0 bridgehead atoms. The van der Waals surface area contributed by atoms with Crippen molar-refractivity contribution in [2.45, 2.75) is 24.8 Å². The summed E-state index contributed by atoms with van der Waals surface area (Å²) in [6.07, 6.45) is 3.10. The van der Waals surface area contributed by atoms with Gasteiger partial charge in [0.05, 0.1) is 26.3 Å². The minimum Gasteiger partial charge on any atom is -0.379 e. The number of amides is 1. The quantitative estimate of drug-likeness (QED) is 0.273. The van der Waals surface area contributed by atoms with Crippen LogP contribution in [0.3, 0.4) is 0 Å². The molecule has 1 amide bonds. The molecule has 0 aliphatic carbocycles. The lowest BCUT2D eigenvalue weighted by atomic mass is 10.1. The van der Waals surface area contributed by atoms with Crippen molar-refractivity contribution in [3.05, 3.63) is 29.3 Å². The number of nitrogens with zero attached hydrogens (tertiary/aromatic N) is 3. The molecule has 0 spiro atoms. The number of ether oxygens (including phenoxy) is 1. The third kappa shape index (κ3) is 8.64. The summed E-state index contributed by atoms with van der Waals surface area (Å²) in [5, 5.41) is 6.54. The van der Waals surface area contributed by atoms with E-state index >= 15 is 0 Å². The molecule has 0 aromatic heterocycles. The molecule has 29 heavy (non-hydrogen) atoms. The highest BCUT2D eigenvalue weighted by Crippen LogP contribution is 2.22. The van der Waals surface area contributed by atoms with Gasteiger partial charge in [0.2, 0.25) is 5.91 Å². The average Bonchev–Trinajstić information content (AvgIpc) is 2.73. The summed E-state index contributed by atoms with van der Waals surface area (Å²) in [6, 6.07) is 6.43. The lowest BCUT2D eigenvalue weighted by Crippen LogP contribution is -2.44. The maximum Gasteiger partial charge on any atom is 0.241 e. The van der Waals surface area contributed by atoms with Crippen LogP contribution in [-0.4, -0.2) is 88.0 Å². The van der Waals surface area contributed by atoms with Crippen LogP contribution in [0.4, 0.5) is 0 Å². The summed E-state index contributed by atoms with van der Waals surface area (Å²) in [4.78, 5) is 21.9. The standard InChI is InChI=1S/C21H35N5O2S/c1-17-6-7-18(19(14-17)29-4)15-23-21(24-16-20(27)25(2)3)22-8-5-9-26-10-12-28-13-11-26/h6-7,14H,5,8-13,15-16H2,1-4H3,(H2,22,23,24). The van der Waals surface area contributed by atoms with Crippen LogP contribution in [0.5, 0.6) is 0 Å². The second-order valence-electron chi connectivity index (χ2n) is 7.36. The van der Waals surface area contributed by atoms with Crippen molar-refractivity contribution in [2.24, 2.45) is 4.99 Å². The molecular weight excluding hydrogens is 386 g/mol. The lowest BCUT2D eigenvalue weighted by molar-refractivity contribution is -0.127. The summed E-state index contributed by atoms with van der Waals surface area (Å²) in [7, 11) is 3.52. The molecule has 0 atom stereocenters. The molecule has 1 fully saturated rings. The van der Waals surface area contributed by atoms with Crippen LogP contribution in [0.15, 0.2) is 28.1 Å². The van der Waals surface area contributed by atoms with E-state index in [2.05, 4.69) is 46.9 Å². The van der Waals surface area contributed by atoms with E-state index in [9.17, 15) is 4.79 Å². The number of hydrogen-bond acceptors (Lipinski definition) is 5. The number of aryl methyl sites for hydroxylation is 1. The van der Waals surface area contributed by atoms with Gasteiger partial charge in [-0.05, 0) is 43.3 Å². The van der Waals surface area contributed by atoms with Gasteiger partial charge in [-0.15, -0.1) is 11.8 Å². The Bertz CT molecular complexity index is 675. The van der Waals surface area contributed by atoms with Crippen LogP contribution in [0.2, 0.25) is 0 Å². The highest BCUT2D eigenvalue weighted by atomic mass is 32.2. The van der Waals surface area contributed by atoms with Crippen LogP contribution < -0.4 is 10.6 Å². The Labute approximate surface area is 179 Å². The van der Waals surface area contributed by atoms with Crippen molar-refractivity contribution in [1.29, 1.82) is 0 Å². The number of rotatable bonds is 9. The normalized spacial score (nSPS) is 15.2. The molecule has 1 aliphatic heterocycles. The van der Waals surface area contributed by atoms with E-state index in [0.29, 0.717) is 12.5 Å². The fourth-order valence-corrected chi connectivity index (χ4v) is 3.67. The number of morpholine rings is 1. The van der Waals surface area contributed by atoms with Gasteiger partial charge in [-0.1, -0.05) is 12.1 Å². The highest BCUT2D eigenvalue weighted by molar-refractivity contribution is 7.98. The molecule has 7 nitrogen and oxygen atoms in total. The van der Waals surface area contributed by atoms with Crippen molar-refractivity contribution < 1.29 is 9.53 Å². The van der Waals surface area contributed by atoms with Crippen molar-refractivity contribution in [3.8, 4) is 0 Å². The molecule has 1 saturated heterocycles. The average molecular weight is 422 g/mol. The number of aliphatic imine (C=N–C) groups is 1. The zero-order valence-corrected chi connectivity index (χ0v) is 19.0.